The van der Waals surface area contributed by atoms with E-state index in [9.17, 15) is 5.11 Å². The van der Waals surface area contributed by atoms with Gasteiger partial charge in [0.25, 0.3) is 0 Å². The third kappa shape index (κ3) is 4.67. The third-order valence-electron chi connectivity index (χ3n) is 3.04. The van der Waals surface area contributed by atoms with Crippen LogP contribution in [0.15, 0.2) is 0 Å². The first-order valence-electron chi connectivity index (χ1n) is 5.73. The van der Waals surface area contributed by atoms with Crippen LogP contribution in [0.4, 0.5) is 0 Å². The van der Waals surface area contributed by atoms with Crippen LogP contribution in [0.2, 0.25) is 0 Å². The lowest BCUT2D eigenvalue weighted by molar-refractivity contribution is 0.0679. The second kappa shape index (κ2) is 6.70. The highest BCUT2D eigenvalue weighted by molar-refractivity contribution is 7.80. The first-order chi connectivity index (χ1) is 6.72. The van der Waals surface area contributed by atoms with Gasteiger partial charge in [-0.2, -0.15) is 12.6 Å². The minimum Gasteiger partial charge on any atom is -0.392 e. The van der Waals surface area contributed by atoms with Gasteiger partial charge in [-0.25, -0.2) is 0 Å². The molecule has 3 heteroatoms. The van der Waals surface area contributed by atoms with Gasteiger partial charge in [-0.15, -0.1) is 0 Å². The molecule has 0 aromatic rings. The second-order valence-corrected chi connectivity index (χ2v) is 4.95. The Balaban J connectivity index is 2.10. The number of nitrogens with zero attached hydrogens (tertiary/aromatic N) is 1. The topological polar surface area (TPSA) is 23.5 Å². The molecule has 1 aliphatic rings. The van der Waals surface area contributed by atoms with E-state index in [0.717, 1.165) is 37.6 Å². The van der Waals surface area contributed by atoms with Gasteiger partial charge < -0.3 is 10.0 Å². The molecule has 1 rings (SSSR count). The molecule has 1 aliphatic heterocycles. The summed E-state index contributed by atoms with van der Waals surface area (Å²) in [5.74, 6) is 1.76. The molecule has 1 N–H and O–H groups in total. The molecule has 0 bridgehead atoms. The van der Waals surface area contributed by atoms with E-state index in [4.69, 9.17) is 0 Å². The van der Waals surface area contributed by atoms with Crippen LogP contribution in [0.1, 0.15) is 32.6 Å². The summed E-state index contributed by atoms with van der Waals surface area (Å²) >= 11 is 4.24. The minimum atomic E-state index is -0.0797. The quantitative estimate of drug-likeness (QED) is 0.686. The van der Waals surface area contributed by atoms with Crippen LogP contribution in [0, 0.1) is 5.92 Å². The van der Waals surface area contributed by atoms with Crippen molar-refractivity contribution in [1.29, 1.82) is 0 Å². The largest absolute Gasteiger partial charge is 0.392 e. The van der Waals surface area contributed by atoms with Crippen molar-refractivity contribution in [3.05, 3.63) is 0 Å². The number of hydrogen-bond acceptors (Lipinski definition) is 3. The highest BCUT2D eigenvalue weighted by Gasteiger charge is 2.17. The van der Waals surface area contributed by atoms with Gasteiger partial charge in [0, 0.05) is 6.54 Å². The van der Waals surface area contributed by atoms with Gasteiger partial charge in [-0.05, 0) is 50.4 Å². The number of piperidine rings is 1. The van der Waals surface area contributed by atoms with Gasteiger partial charge in [-0.3, -0.25) is 0 Å². The number of thiol groups is 1. The maximum atomic E-state index is 9.49. The molecule has 0 amide bonds. The Hall–Kier alpha value is 0.270. The van der Waals surface area contributed by atoms with E-state index >= 15 is 0 Å². The molecule has 2 atom stereocenters. The van der Waals surface area contributed by atoms with Gasteiger partial charge >= 0.3 is 0 Å². The van der Waals surface area contributed by atoms with Crippen LogP contribution in [-0.4, -0.2) is 41.5 Å². The van der Waals surface area contributed by atoms with E-state index < -0.39 is 0 Å². The Morgan fingerprint density at radius 1 is 1.50 bits per heavy atom. The molecule has 2 nitrogen and oxygen atoms in total. The third-order valence-corrected chi connectivity index (χ3v) is 3.30. The van der Waals surface area contributed by atoms with Crippen LogP contribution >= 0.6 is 12.6 Å². The zero-order chi connectivity index (χ0) is 10.4. The number of hydrogen-bond donors (Lipinski definition) is 2. The van der Waals surface area contributed by atoms with E-state index in [0.29, 0.717) is 0 Å². The molecule has 0 aliphatic carbocycles. The Morgan fingerprint density at radius 2 is 2.29 bits per heavy atom. The fraction of sp³-hybridized carbons (Fsp3) is 1.00. The van der Waals surface area contributed by atoms with Crippen LogP contribution in [0.5, 0.6) is 0 Å². The predicted octanol–water partition coefficient (Wildman–Crippen LogP) is 1.79. The number of likely N-dealkylation sites (tertiary alicyclic amines) is 1. The van der Waals surface area contributed by atoms with E-state index in [-0.39, 0.29) is 6.10 Å². The first-order valence-corrected chi connectivity index (χ1v) is 6.37. The summed E-state index contributed by atoms with van der Waals surface area (Å²) in [6.45, 7) is 5.49. The van der Waals surface area contributed by atoms with E-state index in [2.05, 4.69) is 24.5 Å². The maximum absolute atomic E-state index is 9.49. The zero-order valence-electron chi connectivity index (χ0n) is 9.15. The summed E-state index contributed by atoms with van der Waals surface area (Å²) in [6, 6.07) is 0. The number of aliphatic hydroxyl groups is 1. The lowest BCUT2D eigenvalue weighted by Crippen LogP contribution is -2.39. The molecule has 1 fully saturated rings. The monoisotopic (exact) mass is 217 g/mol. The highest BCUT2D eigenvalue weighted by Crippen LogP contribution is 2.13. The average Bonchev–Trinajstić information content (AvgIpc) is 2.15. The summed E-state index contributed by atoms with van der Waals surface area (Å²) < 4.78 is 0. The highest BCUT2D eigenvalue weighted by atomic mass is 32.1. The zero-order valence-corrected chi connectivity index (χ0v) is 10.0. The van der Waals surface area contributed by atoms with Crippen molar-refractivity contribution in [2.75, 3.05) is 25.4 Å². The smallest absolute Gasteiger partial charge is 0.0667 e. The van der Waals surface area contributed by atoms with E-state index in [1.807, 2.05) is 0 Å². The molecule has 0 aromatic carbocycles. The number of rotatable bonds is 5. The van der Waals surface area contributed by atoms with Crippen LogP contribution < -0.4 is 0 Å². The average molecular weight is 217 g/mol. The molecule has 0 radical (unpaired) electrons. The van der Waals surface area contributed by atoms with Crippen molar-refractivity contribution >= 4 is 12.6 Å². The molecule has 0 saturated carbocycles. The molecular formula is C11H23NOS. The Morgan fingerprint density at radius 3 is 2.93 bits per heavy atom. The fourth-order valence-corrected chi connectivity index (χ4v) is 2.44. The molecule has 14 heavy (non-hydrogen) atoms. The molecule has 1 saturated heterocycles. The van der Waals surface area contributed by atoms with Crippen LogP contribution in [0.3, 0.4) is 0 Å². The molecule has 0 spiro atoms. The summed E-state index contributed by atoms with van der Waals surface area (Å²) in [4.78, 5) is 2.39. The Kier molecular flexibility index (Phi) is 5.90. The lowest BCUT2D eigenvalue weighted by atomic mass is 10.0. The summed E-state index contributed by atoms with van der Waals surface area (Å²) in [5, 5.41) is 9.49. The predicted molar refractivity (Wildman–Crippen MR) is 63.9 cm³/mol. The van der Waals surface area contributed by atoms with E-state index in [1.54, 1.807) is 0 Å². The number of β-amino-alcohol motifs (C(OH)–C–C–N with tert-alkyl or cyclic N) is 1. The molecule has 2 unspecified atom stereocenters. The van der Waals surface area contributed by atoms with Crippen molar-refractivity contribution in [3.63, 3.8) is 0 Å². The summed E-state index contributed by atoms with van der Waals surface area (Å²) in [5.41, 5.74) is 0. The van der Waals surface area contributed by atoms with Gasteiger partial charge in [0.05, 0.1) is 6.10 Å². The molecule has 0 aromatic heterocycles. The van der Waals surface area contributed by atoms with Crippen molar-refractivity contribution in [1.82, 2.24) is 4.90 Å². The normalized spacial score (nSPS) is 26.4. The van der Waals surface area contributed by atoms with Gasteiger partial charge in [-0.1, -0.05) is 6.92 Å². The van der Waals surface area contributed by atoms with Crippen LogP contribution in [0.25, 0.3) is 0 Å². The van der Waals surface area contributed by atoms with E-state index in [1.165, 1.54) is 19.4 Å². The van der Waals surface area contributed by atoms with Crippen LogP contribution in [-0.2, 0) is 0 Å². The second-order valence-electron chi connectivity index (χ2n) is 4.50. The minimum absolute atomic E-state index is 0.0797. The lowest BCUT2D eigenvalue weighted by Gasteiger charge is -2.30. The number of aliphatic hydroxyl groups excluding tert-OH is 1. The maximum Gasteiger partial charge on any atom is 0.0667 e. The molecule has 84 valence electrons. The van der Waals surface area contributed by atoms with Crippen molar-refractivity contribution in [2.45, 2.75) is 38.7 Å². The fourth-order valence-electron chi connectivity index (χ4n) is 2.00. The summed E-state index contributed by atoms with van der Waals surface area (Å²) in [6.07, 6.45) is 4.52. The Bertz CT molecular complexity index is 154. The van der Waals surface area contributed by atoms with Crippen molar-refractivity contribution < 1.29 is 5.11 Å². The first kappa shape index (κ1) is 12.3. The van der Waals surface area contributed by atoms with Gasteiger partial charge in [0.1, 0.15) is 0 Å². The Labute approximate surface area is 93.1 Å². The summed E-state index contributed by atoms with van der Waals surface area (Å²) in [7, 11) is 0. The molecule has 1 heterocycles. The standard InChI is InChI=1S/C11H23NOS/c1-10(5-8-14)4-7-12-6-2-3-11(13)9-12/h10-11,13-14H,2-9H2,1H3. The molecular weight excluding hydrogens is 194 g/mol. The van der Waals surface area contributed by atoms with Gasteiger partial charge in [0.15, 0.2) is 0 Å². The van der Waals surface area contributed by atoms with Crippen molar-refractivity contribution in [3.8, 4) is 0 Å². The SMILES string of the molecule is CC(CCS)CCN1CCCC(O)C1. The van der Waals surface area contributed by atoms with Gasteiger partial charge in [0.2, 0.25) is 0 Å². The van der Waals surface area contributed by atoms with Crippen molar-refractivity contribution in [2.24, 2.45) is 5.92 Å².